The highest BCUT2D eigenvalue weighted by atomic mass is 16.6. The highest BCUT2D eigenvalue weighted by Crippen LogP contribution is 2.15. The third-order valence-electron chi connectivity index (χ3n) is 9.33. The number of amides is 5. The van der Waals surface area contributed by atoms with Gasteiger partial charge in [0, 0.05) is 39.3 Å². The fourth-order valence-corrected chi connectivity index (χ4v) is 6.18. The molecule has 0 heterocycles. The summed E-state index contributed by atoms with van der Waals surface area (Å²) in [5.74, 6) is 0. The van der Waals surface area contributed by atoms with Crippen LogP contribution in [0.5, 0.6) is 0 Å². The summed E-state index contributed by atoms with van der Waals surface area (Å²) in [4.78, 5) is 68.3. The Bertz CT molecular complexity index is 1950. The van der Waals surface area contributed by atoms with Crippen LogP contribution in [0.1, 0.15) is 68.7 Å². The van der Waals surface area contributed by atoms with Crippen LogP contribution >= 0.6 is 0 Å². The van der Waals surface area contributed by atoms with Gasteiger partial charge in [-0.1, -0.05) is 121 Å². The third kappa shape index (κ3) is 20.6. The number of ether oxygens (including phenoxy) is 5. The van der Waals surface area contributed by atoms with Crippen molar-refractivity contribution in [1.82, 2.24) is 25.8 Å². The Labute approximate surface area is 370 Å². The Morgan fingerprint density at radius 3 is 1.33 bits per heavy atom. The van der Waals surface area contributed by atoms with E-state index >= 15 is 0 Å². The summed E-state index contributed by atoms with van der Waals surface area (Å²) >= 11 is 0. The molecule has 0 aliphatic heterocycles. The Morgan fingerprint density at radius 2 is 0.889 bits per heavy atom. The van der Waals surface area contributed by atoms with Gasteiger partial charge in [-0.3, -0.25) is 0 Å². The van der Waals surface area contributed by atoms with Gasteiger partial charge in [0.05, 0.1) is 6.04 Å². The molecule has 0 saturated heterocycles. The van der Waals surface area contributed by atoms with Crippen molar-refractivity contribution in [3.63, 3.8) is 0 Å². The normalized spacial score (nSPS) is 11.3. The lowest BCUT2D eigenvalue weighted by molar-refractivity contribution is 0.0478. The van der Waals surface area contributed by atoms with Gasteiger partial charge < -0.3 is 49.4 Å². The maximum absolute atomic E-state index is 13.9. The van der Waals surface area contributed by atoms with Crippen molar-refractivity contribution in [3.05, 3.63) is 144 Å². The van der Waals surface area contributed by atoms with Gasteiger partial charge in [0.1, 0.15) is 32.0 Å². The topological polar surface area (TPSA) is 174 Å². The molecule has 0 saturated carbocycles. The Morgan fingerprint density at radius 1 is 0.492 bits per heavy atom. The quantitative estimate of drug-likeness (QED) is 0.0484. The Hall–Kier alpha value is -6.77. The molecule has 1 unspecified atom stereocenters. The van der Waals surface area contributed by atoms with Crippen molar-refractivity contribution >= 4 is 30.5 Å². The van der Waals surface area contributed by atoms with E-state index in [9.17, 15) is 24.0 Å². The number of nitrogens with zero attached hydrogens (tertiary/aromatic N) is 2. The molecule has 4 rings (SSSR count). The molecular weight excluding hydrogens is 807 g/mol. The SMILES string of the molecule is CC(C)(C)OC(=O)NCC(CCCN(CCCNC(=O)OCc1ccccc1)C(=O)OCc1ccccc1)N(CCCNC(=O)OCc1ccccc1)C(=O)OCc1ccccc1. The van der Waals surface area contributed by atoms with Crippen LogP contribution in [0.2, 0.25) is 0 Å². The second-order valence-corrected chi connectivity index (χ2v) is 15.6. The molecule has 0 radical (unpaired) electrons. The summed E-state index contributed by atoms with van der Waals surface area (Å²) in [6, 6.07) is 36.6. The summed E-state index contributed by atoms with van der Waals surface area (Å²) in [5.41, 5.74) is 2.56. The summed E-state index contributed by atoms with van der Waals surface area (Å²) in [6.45, 7) is 6.66. The van der Waals surface area contributed by atoms with Crippen molar-refractivity contribution in [3.8, 4) is 0 Å². The van der Waals surface area contributed by atoms with E-state index in [-0.39, 0.29) is 65.7 Å². The molecule has 0 fully saturated rings. The zero-order valence-electron chi connectivity index (χ0n) is 36.5. The van der Waals surface area contributed by atoms with Crippen LogP contribution in [-0.4, -0.2) is 91.2 Å². The molecule has 15 heteroatoms. The van der Waals surface area contributed by atoms with Gasteiger partial charge in [-0.2, -0.15) is 0 Å². The molecule has 4 aromatic carbocycles. The van der Waals surface area contributed by atoms with Crippen LogP contribution in [0, 0.1) is 0 Å². The highest BCUT2D eigenvalue weighted by molar-refractivity contribution is 5.70. The minimum absolute atomic E-state index is 0.00929. The van der Waals surface area contributed by atoms with Crippen molar-refractivity contribution in [2.75, 3.05) is 39.3 Å². The van der Waals surface area contributed by atoms with Crippen LogP contribution in [0.15, 0.2) is 121 Å². The van der Waals surface area contributed by atoms with Crippen molar-refractivity contribution in [2.45, 2.75) is 84.5 Å². The lowest BCUT2D eigenvalue weighted by Gasteiger charge is -2.32. The zero-order valence-corrected chi connectivity index (χ0v) is 36.5. The number of hydrogen-bond donors (Lipinski definition) is 3. The van der Waals surface area contributed by atoms with E-state index in [0.717, 1.165) is 22.3 Å². The number of alkyl carbamates (subject to hydrolysis) is 3. The average molecular weight is 868 g/mol. The first-order valence-electron chi connectivity index (χ1n) is 21.2. The van der Waals surface area contributed by atoms with Crippen molar-refractivity contribution < 1.29 is 47.7 Å². The minimum atomic E-state index is -0.761. The average Bonchev–Trinajstić information content (AvgIpc) is 3.28. The summed E-state index contributed by atoms with van der Waals surface area (Å²) < 4.78 is 27.7. The molecule has 0 aliphatic rings. The molecule has 3 N–H and O–H groups in total. The molecule has 338 valence electrons. The number of benzene rings is 4. The van der Waals surface area contributed by atoms with Crippen LogP contribution < -0.4 is 16.0 Å². The first-order chi connectivity index (χ1) is 30.4. The zero-order chi connectivity index (χ0) is 45.1. The van der Waals surface area contributed by atoms with Gasteiger partial charge in [-0.25, -0.2) is 24.0 Å². The third-order valence-corrected chi connectivity index (χ3v) is 9.33. The second-order valence-electron chi connectivity index (χ2n) is 15.6. The Balaban J connectivity index is 1.43. The molecule has 0 aromatic heterocycles. The summed E-state index contributed by atoms with van der Waals surface area (Å²) in [6.07, 6.45) is -1.53. The summed E-state index contributed by atoms with van der Waals surface area (Å²) in [7, 11) is 0. The minimum Gasteiger partial charge on any atom is -0.445 e. The van der Waals surface area contributed by atoms with Crippen LogP contribution in [0.4, 0.5) is 24.0 Å². The summed E-state index contributed by atoms with van der Waals surface area (Å²) in [5, 5.41) is 8.28. The smallest absolute Gasteiger partial charge is 0.410 e. The molecule has 0 aliphatic carbocycles. The number of carbonyl (C=O) groups excluding carboxylic acids is 5. The highest BCUT2D eigenvalue weighted by Gasteiger charge is 2.27. The molecule has 1 atom stereocenters. The van der Waals surface area contributed by atoms with Crippen LogP contribution in [-0.2, 0) is 50.1 Å². The van der Waals surface area contributed by atoms with Crippen LogP contribution in [0.25, 0.3) is 0 Å². The first kappa shape index (κ1) is 48.9. The fourth-order valence-electron chi connectivity index (χ4n) is 6.18. The predicted octanol–water partition coefficient (Wildman–Crippen LogP) is 8.57. The van der Waals surface area contributed by atoms with E-state index in [1.165, 1.54) is 4.90 Å². The standard InChI is InChI=1S/C48H61N5O10/c1-48(2,3)63-45(56)51-33-42(53(47(58)62-37-41-25-14-7-15-26-41)32-18-29-50-44(55)60-35-39-21-10-5-11-22-39)27-16-30-52(46(57)61-36-40-23-12-6-13-24-40)31-17-28-49-43(54)59-34-38-19-8-4-9-20-38/h4-15,19-26,42H,16-18,27-37H2,1-3H3,(H,49,54)(H,50,55)(H,51,56). The Kier molecular flexibility index (Phi) is 21.1. The number of hydrogen-bond acceptors (Lipinski definition) is 10. The van der Waals surface area contributed by atoms with Gasteiger partial charge in [-0.15, -0.1) is 0 Å². The lowest BCUT2D eigenvalue weighted by atomic mass is 10.1. The molecular formula is C48H61N5O10. The van der Waals surface area contributed by atoms with E-state index in [0.29, 0.717) is 25.7 Å². The molecule has 15 nitrogen and oxygen atoms in total. The molecule has 4 aromatic rings. The van der Waals surface area contributed by atoms with E-state index in [4.69, 9.17) is 23.7 Å². The maximum atomic E-state index is 13.9. The van der Waals surface area contributed by atoms with Gasteiger partial charge in [0.25, 0.3) is 0 Å². The molecule has 63 heavy (non-hydrogen) atoms. The van der Waals surface area contributed by atoms with Crippen molar-refractivity contribution in [2.24, 2.45) is 0 Å². The maximum Gasteiger partial charge on any atom is 0.410 e. The van der Waals surface area contributed by atoms with Gasteiger partial charge >= 0.3 is 30.5 Å². The predicted molar refractivity (Wildman–Crippen MR) is 237 cm³/mol. The molecule has 0 spiro atoms. The lowest BCUT2D eigenvalue weighted by Crippen LogP contribution is -2.49. The number of nitrogens with one attached hydrogen (secondary N) is 3. The van der Waals surface area contributed by atoms with E-state index < -0.39 is 42.1 Å². The first-order valence-corrected chi connectivity index (χ1v) is 21.2. The van der Waals surface area contributed by atoms with E-state index in [1.807, 2.05) is 121 Å². The van der Waals surface area contributed by atoms with Gasteiger partial charge in [0.2, 0.25) is 0 Å². The molecule has 5 amide bonds. The fraction of sp³-hybridized carbons (Fsp3) is 0.396. The second kappa shape index (κ2) is 27.2. The molecule has 0 bridgehead atoms. The van der Waals surface area contributed by atoms with E-state index in [1.54, 1.807) is 25.7 Å². The van der Waals surface area contributed by atoms with Crippen molar-refractivity contribution in [1.29, 1.82) is 0 Å². The van der Waals surface area contributed by atoms with Gasteiger partial charge in [0.15, 0.2) is 0 Å². The number of rotatable bonds is 23. The van der Waals surface area contributed by atoms with Crippen LogP contribution in [0.3, 0.4) is 0 Å². The van der Waals surface area contributed by atoms with E-state index in [2.05, 4.69) is 16.0 Å². The monoisotopic (exact) mass is 867 g/mol. The number of carbonyl (C=O) groups is 5. The largest absolute Gasteiger partial charge is 0.445 e. The van der Waals surface area contributed by atoms with Gasteiger partial charge in [-0.05, 0) is 68.7 Å².